The average Bonchev–Trinajstić information content (AvgIpc) is 3.41. The molecule has 8 heteroatoms. The molecule has 0 saturated heterocycles. The van der Waals surface area contributed by atoms with Gasteiger partial charge in [0.25, 0.3) is 5.69 Å². The lowest BCUT2D eigenvalue weighted by Crippen LogP contribution is -2.25. The normalized spacial score (nSPS) is 13.2. The van der Waals surface area contributed by atoms with E-state index in [1.54, 1.807) is 6.07 Å². The van der Waals surface area contributed by atoms with Crippen LogP contribution in [0.15, 0.2) is 24.3 Å². The van der Waals surface area contributed by atoms with Gasteiger partial charge < -0.3 is 10.6 Å². The van der Waals surface area contributed by atoms with Gasteiger partial charge in [0, 0.05) is 36.5 Å². The highest BCUT2D eigenvalue weighted by molar-refractivity contribution is 5.88. The molecule has 3 rings (SSSR count). The number of fused-ring (bicyclic) bond motifs is 1. The number of hydrogen-bond donors (Lipinski definition) is 2. The van der Waals surface area contributed by atoms with Gasteiger partial charge in [-0.2, -0.15) is 5.26 Å². The molecule has 1 aliphatic rings. The fourth-order valence-electron chi connectivity index (χ4n) is 2.50. The van der Waals surface area contributed by atoms with Crippen molar-refractivity contribution in [1.82, 2.24) is 10.3 Å². The molecule has 1 aromatic heterocycles. The summed E-state index contributed by atoms with van der Waals surface area (Å²) in [4.78, 5) is 26.4. The summed E-state index contributed by atoms with van der Waals surface area (Å²) in [5, 5.41) is 26.6. The van der Waals surface area contributed by atoms with Crippen molar-refractivity contribution in [3.63, 3.8) is 0 Å². The van der Waals surface area contributed by atoms with E-state index in [1.807, 2.05) is 6.07 Å². The van der Waals surface area contributed by atoms with Crippen LogP contribution < -0.4 is 10.6 Å². The number of nitriles is 1. The minimum Gasteiger partial charge on any atom is -0.370 e. The van der Waals surface area contributed by atoms with Gasteiger partial charge in [-0.3, -0.25) is 14.9 Å². The van der Waals surface area contributed by atoms with Crippen molar-refractivity contribution in [2.75, 3.05) is 11.9 Å². The minimum absolute atomic E-state index is 0.0563. The number of nitrogens with one attached hydrogen (secondary N) is 2. The molecule has 0 unspecified atom stereocenters. The third-order valence-corrected chi connectivity index (χ3v) is 3.95. The Hall–Kier alpha value is -3.21. The Morgan fingerprint density at radius 2 is 2.20 bits per heavy atom. The monoisotopic (exact) mass is 339 g/mol. The quantitative estimate of drug-likeness (QED) is 0.454. The standard InChI is InChI=1S/C17H17N5O3/c18-10-11-8-16(19-7-1-2-17(23)20-12-3-4-12)21-15-6-5-13(22(24)25)9-14(11)15/h5-6,8-9,12H,1-4,7H2,(H,19,21)(H,20,23). The van der Waals surface area contributed by atoms with Crippen LogP contribution in [0.1, 0.15) is 31.2 Å². The van der Waals surface area contributed by atoms with E-state index in [4.69, 9.17) is 0 Å². The fourth-order valence-corrected chi connectivity index (χ4v) is 2.50. The van der Waals surface area contributed by atoms with Crippen LogP contribution in [0.3, 0.4) is 0 Å². The zero-order valence-corrected chi connectivity index (χ0v) is 13.5. The van der Waals surface area contributed by atoms with Crippen molar-refractivity contribution >= 4 is 28.3 Å². The molecule has 8 nitrogen and oxygen atoms in total. The first-order valence-electron chi connectivity index (χ1n) is 8.09. The van der Waals surface area contributed by atoms with Gasteiger partial charge in [0.2, 0.25) is 5.91 Å². The molecule has 1 fully saturated rings. The zero-order chi connectivity index (χ0) is 17.8. The molecule has 1 amide bonds. The number of carbonyl (C=O) groups excluding carboxylic acids is 1. The Balaban J connectivity index is 1.65. The fraction of sp³-hybridized carbons (Fsp3) is 0.353. The van der Waals surface area contributed by atoms with Crippen molar-refractivity contribution in [2.45, 2.75) is 31.7 Å². The Labute approximate surface area is 144 Å². The second kappa shape index (κ2) is 7.13. The number of hydrogen-bond acceptors (Lipinski definition) is 6. The number of amides is 1. The molecule has 1 heterocycles. The van der Waals surface area contributed by atoms with Crippen LogP contribution in [-0.4, -0.2) is 28.4 Å². The maximum atomic E-state index is 11.6. The predicted molar refractivity (Wildman–Crippen MR) is 92.0 cm³/mol. The van der Waals surface area contributed by atoms with E-state index < -0.39 is 4.92 Å². The van der Waals surface area contributed by atoms with E-state index in [0.717, 1.165) is 12.8 Å². The Bertz CT molecular complexity index is 870. The molecule has 0 radical (unpaired) electrons. The maximum absolute atomic E-state index is 11.6. The number of carbonyl (C=O) groups is 1. The van der Waals surface area contributed by atoms with Gasteiger partial charge >= 0.3 is 0 Å². The lowest BCUT2D eigenvalue weighted by atomic mass is 10.1. The van der Waals surface area contributed by atoms with Crippen LogP contribution in [0.2, 0.25) is 0 Å². The second-order valence-corrected chi connectivity index (χ2v) is 6.00. The summed E-state index contributed by atoms with van der Waals surface area (Å²) in [5.41, 5.74) is 0.759. The maximum Gasteiger partial charge on any atom is 0.270 e. The molecular weight excluding hydrogens is 322 g/mol. The summed E-state index contributed by atoms with van der Waals surface area (Å²) in [7, 11) is 0. The SMILES string of the molecule is N#Cc1cc(NCCCC(=O)NC2CC2)nc2ccc([N+](=O)[O-])cc12. The van der Waals surface area contributed by atoms with Crippen molar-refractivity contribution in [3.8, 4) is 6.07 Å². The molecule has 1 aliphatic carbocycles. The third kappa shape index (κ3) is 4.20. The summed E-state index contributed by atoms with van der Waals surface area (Å²) in [6, 6.07) is 8.23. The third-order valence-electron chi connectivity index (χ3n) is 3.95. The first-order chi connectivity index (χ1) is 12.1. The van der Waals surface area contributed by atoms with Crippen LogP contribution in [0.5, 0.6) is 0 Å². The number of nitro benzene ring substituents is 1. The highest BCUT2D eigenvalue weighted by Crippen LogP contribution is 2.25. The number of anilines is 1. The van der Waals surface area contributed by atoms with Gasteiger partial charge in [0.05, 0.1) is 22.1 Å². The molecule has 25 heavy (non-hydrogen) atoms. The predicted octanol–water partition coefficient (Wildman–Crippen LogP) is 2.49. The highest BCUT2D eigenvalue weighted by Gasteiger charge is 2.22. The molecule has 2 aromatic rings. The number of nitrogens with zero attached hydrogens (tertiary/aromatic N) is 3. The minimum atomic E-state index is -0.501. The first-order valence-corrected chi connectivity index (χ1v) is 8.09. The summed E-state index contributed by atoms with van der Waals surface area (Å²) in [6.45, 7) is 0.550. The van der Waals surface area contributed by atoms with Gasteiger partial charge in [0.15, 0.2) is 0 Å². The van der Waals surface area contributed by atoms with Crippen molar-refractivity contribution in [1.29, 1.82) is 5.26 Å². The van der Waals surface area contributed by atoms with E-state index in [0.29, 0.717) is 47.7 Å². The van der Waals surface area contributed by atoms with Gasteiger partial charge in [-0.25, -0.2) is 4.98 Å². The number of rotatable bonds is 7. The molecule has 0 aliphatic heterocycles. The van der Waals surface area contributed by atoms with E-state index in [2.05, 4.69) is 15.6 Å². The van der Waals surface area contributed by atoms with Crippen LogP contribution in [0.25, 0.3) is 10.9 Å². The topological polar surface area (TPSA) is 121 Å². The number of aromatic nitrogens is 1. The molecule has 1 saturated carbocycles. The van der Waals surface area contributed by atoms with E-state index in [1.165, 1.54) is 18.2 Å². The van der Waals surface area contributed by atoms with Gasteiger partial charge in [-0.05, 0) is 31.4 Å². The van der Waals surface area contributed by atoms with Crippen LogP contribution in [0, 0.1) is 21.4 Å². The van der Waals surface area contributed by atoms with Gasteiger partial charge in [0.1, 0.15) is 5.82 Å². The van der Waals surface area contributed by atoms with Crippen LogP contribution in [0.4, 0.5) is 11.5 Å². The Morgan fingerprint density at radius 3 is 2.88 bits per heavy atom. The zero-order valence-electron chi connectivity index (χ0n) is 13.5. The van der Waals surface area contributed by atoms with E-state index >= 15 is 0 Å². The average molecular weight is 339 g/mol. The Morgan fingerprint density at radius 1 is 1.40 bits per heavy atom. The van der Waals surface area contributed by atoms with Gasteiger partial charge in [-0.1, -0.05) is 0 Å². The molecule has 128 valence electrons. The Kier molecular flexibility index (Phi) is 4.75. The van der Waals surface area contributed by atoms with Crippen molar-refractivity contribution in [2.24, 2.45) is 0 Å². The van der Waals surface area contributed by atoms with Gasteiger partial charge in [-0.15, -0.1) is 0 Å². The highest BCUT2D eigenvalue weighted by atomic mass is 16.6. The largest absolute Gasteiger partial charge is 0.370 e. The van der Waals surface area contributed by atoms with E-state index in [9.17, 15) is 20.2 Å². The summed E-state index contributed by atoms with van der Waals surface area (Å²) in [6.07, 6.45) is 3.23. The van der Waals surface area contributed by atoms with E-state index in [-0.39, 0.29) is 11.6 Å². The lowest BCUT2D eigenvalue weighted by molar-refractivity contribution is -0.384. The molecular formula is C17H17N5O3. The smallest absolute Gasteiger partial charge is 0.270 e. The van der Waals surface area contributed by atoms with Crippen LogP contribution in [-0.2, 0) is 4.79 Å². The lowest BCUT2D eigenvalue weighted by Gasteiger charge is -2.08. The summed E-state index contributed by atoms with van der Waals surface area (Å²) < 4.78 is 0. The second-order valence-electron chi connectivity index (χ2n) is 6.00. The first kappa shape index (κ1) is 16.6. The number of benzene rings is 1. The number of pyridine rings is 1. The molecule has 2 N–H and O–H groups in total. The van der Waals surface area contributed by atoms with Crippen molar-refractivity contribution in [3.05, 3.63) is 39.9 Å². The number of non-ortho nitro benzene ring substituents is 1. The molecule has 1 aromatic carbocycles. The summed E-state index contributed by atoms with van der Waals surface area (Å²) in [5.74, 6) is 0.571. The van der Waals surface area contributed by atoms with Crippen molar-refractivity contribution < 1.29 is 9.72 Å². The molecule has 0 atom stereocenters. The number of nitro groups is 1. The van der Waals surface area contributed by atoms with Crippen LogP contribution >= 0.6 is 0 Å². The summed E-state index contributed by atoms with van der Waals surface area (Å²) >= 11 is 0. The molecule has 0 bridgehead atoms. The molecule has 0 spiro atoms.